The third kappa shape index (κ3) is 4.62. The van der Waals surface area contributed by atoms with Crippen molar-refractivity contribution in [3.05, 3.63) is 53.9 Å². The molecule has 0 atom stereocenters. The number of guanidine groups is 1. The minimum Gasteiger partial charge on any atom is -0.356 e. The summed E-state index contributed by atoms with van der Waals surface area (Å²) in [6.07, 6.45) is 4.81. The third-order valence-electron chi connectivity index (χ3n) is 3.65. The maximum absolute atomic E-state index is 4.36. The van der Waals surface area contributed by atoms with Crippen LogP contribution in [-0.2, 0) is 13.1 Å². The fourth-order valence-corrected chi connectivity index (χ4v) is 2.38. The van der Waals surface area contributed by atoms with E-state index >= 15 is 0 Å². The van der Waals surface area contributed by atoms with Gasteiger partial charge in [0.2, 0.25) is 0 Å². The van der Waals surface area contributed by atoms with Crippen molar-refractivity contribution in [2.45, 2.75) is 26.4 Å². The van der Waals surface area contributed by atoms with Gasteiger partial charge in [0.1, 0.15) is 0 Å². The smallest absolute Gasteiger partial charge is 0.193 e. The van der Waals surface area contributed by atoms with Crippen LogP contribution in [0.3, 0.4) is 0 Å². The van der Waals surface area contributed by atoms with Crippen LogP contribution in [0.2, 0.25) is 0 Å². The van der Waals surface area contributed by atoms with Gasteiger partial charge in [0.25, 0.3) is 0 Å². The predicted octanol–water partition coefficient (Wildman–Crippen LogP) is 2.29. The number of aliphatic imine (C=N–C) groups is 1. The molecule has 1 aromatic heterocycles. The molecule has 118 valence electrons. The van der Waals surface area contributed by atoms with E-state index in [1.54, 1.807) is 0 Å². The van der Waals surface area contributed by atoms with Crippen LogP contribution in [0.25, 0.3) is 0 Å². The van der Waals surface area contributed by atoms with E-state index in [9.17, 15) is 0 Å². The van der Waals surface area contributed by atoms with E-state index in [4.69, 9.17) is 0 Å². The summed E-state index contributed by atoms with van der Waals surface area (Å²) in [5, 5.41) is 7.61. The molecule has 1 aromatic carbocycles. The van der Waals surface area contributed by atoms with Crippen molar-refractivity contribution >= 4 is 5.96 Å². The van der Waals surface area contributed by atoms with Gasteiger partial charge in [-0.15, -0.1) is 0 Å². The van der Waals surface area contributed by atoms with E-state index in [0.29, 0.717) is 0 Å². The van der Waals surface area contributed by atoms with Crippen molar-refractivity contribution in [1.82, 2.24) is 20.0 Å². The molecule has 0 aliphatic heterocycles. The second-order valence-corrected chi connectivity index (χ2v) is 5.38. The molecule has 0 radical (unpaired) electrons. The number of nitrogens with zero attached hydrogens (tertiary/aromatic N) is 4. The highest BCUT2D eigenvalue weighted by molar-refractivity contribution is 5.79. The number of benzene rings is 1. The van der Waals surface area contributed by atoms with Crippen LogP contribution in [0, 0.1) is 6.92 Å². The third-order valence-corrected chi connectivity index (χ3v) is 3.65. The fourth-order valence-electron chi connectivity index (χ4n) is 2.38. The molecule has 0 bridgehead atoms. The van der Waals surface area contributed by atoms with Crippen LogP contribution in [0.5, 0.6) is 0 Å². The van der Waals surface area contributed by atoms with Crippen molar-refractivity contribution < 1.29 is 0 Å². The summed E-state index contributed by atoms with van der Waals surface area (Å²) in [7, 11) is 3.89. The highest BCUT2D eigenvalue weighted by atomic mass is 15.3. The first kappa shape index (κ1) is 16.1. The Labute approximate surface area is 132 Å². The SMILES string of the molecule is CN=C(NCCCn1cccn1)N(C)Cc1ccccc1C. The van der Waals surface area contributed by atoms with E-state index < -0.39 is 0 Å². The van der Waals surface area contributed by atoms with Gasteiger partial charge in [-0.05, 0) is 30.5 Å². The molecule has 0 aliphatic carbocycles. The maximum Gasteiger partial charge on any atom is 0.193 e. The minimum absolute atomic E-state index is 0.853. The number of nitrogens with one attached hydrogen (secondary N) is 1. The topological polar surface area (TPSA) is 45.5 Å². The molecule has 22 heavy (non-hydrogen) atoms. The monoisotopic (exact) mass is 299 g/mol. The van der Waals surface area contributed by atoms with E-state index in [0.717, 1.165) is 32.0 Å². The Morgan fingerprint density at radius 1 is 1.32 bits per heavy atom. The van der Waals surface area contributed by atoms with Crippen LogP contribution in [0.1, 0.15) is 17.5 Å². The number of aromatic nitrogens is 2. The van der Waals surface area contributed by atoms with Gasteiger partial charge in [-0.3, -0.25) is 9.67 Å². The van der Waals surface area contributed by atoms with Gasteiger partial charge in [-0.25, -0.2) is 0 Å². The Morgan fingerprint density at radius 3 is 2.82 bits per heavy atom. The Bertz CT molecular complexity index is 589. The number of hydrogen-bond acceptors (Lipinski definition) is 2. The average Bonchev–Trinajstić information content (AvgIpc) is 3.03. The van der Waals surface area contributed by atoms with E-state index in [1.807, 2.05) is 30.2 Å². The molecule has 5 heteroatoms. The van der Waals surface area contributed by atoms with Crippen LogP contribution in [0.4, 0.5) is 0 Å². The maximum atomic E-state index is 4.36. The van der Waals surface area contributed by atoms with Gasteiger partial charge in [0.15, 0.2) is 5.96 Å². The molecule has 0 saturated carbocycles. The van der Waals surface area contributed by atoms with E-state index in [2.05, 4.69) is 58.5 Å². The van der Waals surface area contributed by atoms with Crippen molar-refractivity contribution in [3.8, 4) is 0 Å². The van der Waals surface area contributed by atoms with Gasteiger partial charge in [-0.1, -0.05) is 24.3 Å². The summed E-state index contributed by atoms with van der Waals surface area (Å²) in [4.78, 5) is 6.51. The molecule has 0 saturated heterocycles. The molecule has 1 heterocycles. The lowest BCUT2D eigenvalue weighted by Crippen LogP contribution is -2.39. The highest BCUT2D eigenvalue weighted by Gasteiger charge is 2.07. The van der Waals surface area contributed by atoms with Gasteiger partial charge in [0.05, 0.1) is 0 Å². The zero-order valence-electron chi connectivity index (χ0n) is 13.7. The number of aryl methyl sites for hydroxylation is 2. The lowest BCUT2D eigenvalue weighted by atomic mass is 10.1. The van der Waals surface area contributed by atoms with Crippen LogP contribution < -0.4 is 5.32 Å². The van der Waals surface area contributed by atoms with E-state index in [-0.39, 0.29) is 0 Å². The Balaban J connectivity index is 1.79. The first-order valence-electron chi connectivity index (χ1n) is 7.64. The zero-order valence-corrected chi connectivity index (χ0v) is 13.7. The Hall–Kier alpha value is -2.30. The van der Waals surface area contributed by atoms with Gasteiger partial charge in [0, 0.05) is 46.1 Å². The molecule has 1 N–H and O–H groups in total. The molecule has 2 aromatic rings. The van der Waals surface area contributed by atoms with E-state index in [1.165, 1.54) is 11.1 Å². The molecular weight excluding hydrogens is 274 g/mol. The molecule has 0 amide bonds. The minimum atomic E-state index is 0.853. The summed E-state index contributed by atoms with van der Waals surface area (Å²) in [5.74, 6) is 0.920. The van der Waals surface area contributed by atoms with Crippen molar-refractivity contribution in [3.63, 3.8) is 0 Å². The molecule has 0 aliphatic rings. The van der Waals surface area contributed by atoms with Crippen molar-refractivity contribution in [1.29, 1.82) is 0 Å². The standard InChI is InChI=1S/C17H25N5/c1-15-8-4-5-9-16(15)14-21(3)17(18-2)19-10-6-12-22-13-7-11-20-22/h4-5,7-9,11,13H,6,10,12,14H2,1-3H3,(H,18,19). The van der Waals surface area contributed by atoms with Gasteiger partial charge in [-0.2, -0.15) is 5.10 Å². The predicted molar refractivity (Wildman–Crippen MR) is 90.9 cm³/mol. The summed E-state index contributed by atoms with van der Waals surface area (Å²) in [6.45, 7) is 4.79. The number of hydrogen-bond donors (Lipinski definition) is 1. The van der Waals surface area contributed by atoms with Crippen LogP contribution >= 0.6 is 0 Å². The molecule has 5 nitrogen and oxygen atoms in total. The van der Waals surface area contributed by atoms with Gasteiger partial charge >= 0.3 is 0 Å². The first-order chi connectivity index (χ1) is 10.7. The largest absolute Gasteiger partial charge is 0.356 e. The molecule has 0 unspecified atom stereocenters. The summed E-state index contributed by atoms with van der Waals surface area (Å²) in [5.41, 5.74) is 2.63. The summed E-state index contributed by atoms with van der Waals surface area (Å²) >= 11 is 0. The quantitative estimate of drug-likeness (QED) is 0.506. The average molecular weight is 299 g/mol. The van der Waals surface area contributed by atoms with Gasteiger partial charge < -0.3 is 10.2 Å². The second kappa shape index (κ2) is 8.22. The van der Waals surface area contributed by atoms with Crippen molar-refractivity contribution in [2.75, 3.05) is 20.6 Å². The first-order valence-corrected chi connectivity index (χ1v) is 7.64. The normalized spacial score (nSPS) is 11.5. The van der Waals surface area contributed by atoms with Crippen molar-refractivity contribution in [2.24, 2.45) is 4.99 Å². The molecule has 0 fully saturated rings. The lowest BCUT2D eigenvalue weighted by molar-refractivity contribution is 0.470. The molecular formula is C17H25N5. The van der Waals surface area contributed by atoms with Crippen LogP contribution in [-0.4, -0.2) is 41.3 Å². The molecule has 2 rings (SSSR count). The highest BCUT2D eigenvalue weighted by Crippen LogP contribution is 2.09. The zero-order chi connectivity index (χ0) is 15.8. The number of rotatable bonds is 6. The Kier molecular flexibility index (Phi) is 6.01. The fraction of sp³-hybridized carbons (Fsp3) is 0.412. The Morgan fingerprint density at radius 2 is 2.14 bits per heavy atom. The summed E-state index contributed by atoms with van der Waals surface area (Å²) < 4.78 is 1.95. The second-order valence-electron chi connectivity index (χ2n) is 5.38. The van der Waals surface area contributed by atoms with Crippen LogP contribution in [0.15, 0.2) is 47.7 Å². The molecule has 0 spiro atoms. The summed E-state index contributed by atoms with van der Waals surface area (Å²) in [6, 6.07) is 10.4. The lowest BCUT2D eigenvalue weighted by Gasteiger charge is -2.23.